The van der Waals surface area contributed by atoms with Gasteiger partial charge in [-0.25, -0.2) is 13.8 Å². The number of rotatable bonds is 1. The van der Waals surface area contributed by atoms with E-state index in [4.69, 9.17) is 5.73 Å². The van der Waals surface area contributed by atoms with Gasteiger partial charge >= 0.3 is 0 Å². The van der Waals surface area contributed by atoms with Crippen LogP contribution in [0.25, 0.3) is 11.4 Å². The van der Waals surface area contributed by atoms with Gasteiger partial charge in [0.25, 0.3) is 0 Å². The van der Waals surface area contributed by atoms with Crippen LogP contribution in [-0.2, 0) is 0 Å². The first kappa shape index (κ1) is 8.68. The molecule has 0 aliphatic carbocycles. The third kappa shape index (κ3) is 1.22. The Bertz CT molecular complexity index is 451. The zero-order chi connectivity index (χ0) is 10.1. The predicted octanol–water partition coefficient (Wildman–Crippen LogP) is 1.94. The molecule has 0 aliphatic rings. The van der Waals surface area contributed by atoms with Crippen LogP contribution < -0.4 is 5.73 Å². The number of nitrogens with one attached hydrogen (secondary N) is 1. The molecule has 0 radical (unpaired) electrons. The number of H-pyrrole nitrogens is 1. The van der Waals surface area contributed by atoms with Crippen LogP contribution in [0.15, 0.2) is 24.5 Å². The maximum absolute atomic E-state index is 13.4. The lowest BCUT2D eigenvalue weighted by atomic mass is 10.1. The van der Waals surface area contributed by atoms with Crippen LogP contribution in [-0.4, -0.2) is 9.97 Å². The number of nitrogen functional groups attached to an aromatic ring is 1. The first-order valence-corrected chi connectivity index (χ1v) is 3.93. The van der Waals surface area contributed by atoms with Crippen molar-refractivity contribution >= 4 is 5.69 Å². The minimum atomic E-state index is -0.792. The van der Waals surface area contributed by atoms with Gasteiger partial charge in [0.15, 0.2) is 5.82 Å². The lowest BCUT2D eigenvalue weighted by molar-refractivity contribution is 0.591. The van der Waals surface area contributed by atoms with Gasteiger partial charge in [-0.15, -0.1) is 0 Å². The molecule has 0 amide bonds. The van der Waals surface area contributed by atoms with Crippen molar-refractivity contribution in [1.82, 2.24) is 9.97 Å². The lowest BCUT2D eigenvalue weighted by Crippen LogP contribution is -1.97. The zero-order valence-electron chi connectivity index (χ0n) is 7.09. The number of anilines is 1. The highest BCUT2D eigenvalue weighted by Crippen LogP contribution is 2.26. The average Bonchev–Trinajstić information content (AvgIpc) is 2.65. The van der Waals surface area contributed by atoms with Crippen molar-refractivity contribution < 1.29 is 8.78 Å². The summed E-state index contributed by atoms with van der Waals surface area (Å²) < 4.78 is 26.6. The summed E-state index contributed by atoms with van der Waals surface area (Å²) in [4.78, 5) is 6.37. The summed E-state index contributed by atoms with van der Waals surface area (Å²) in [5.41, 5.74) is 4.99. The molecule has 2 aromatic rings. The number of imidazole rings is 1. The molecule has 0 fully saturated rings. The first-order valence-electron chi connectivity index (χ1n) is 3.93. The van der Waals surface area contributed by atoms with Crippen LogP contribution in [0, 0.1) is 11.6 Å². The molecule has 0 bridgehead atoms. The Labute approximate surface area is 78.6 Å². The van der Waals surface area contributed by atoms with E-state index < -0.39 is 11.6 Å². The molecule has 0 saturated heterocycles. The van der Waals surface area contributed by atoms with Crippen molar-refractivity contribution in [3.8, 4) is 11.4 Å². The average molecular weight is 195 g/mol. The van der Waals surface area contributed by atoms with E-state index in [0.717, 1.165) is 6.07 Å². The number of halogens is 2. The van der Waals surface area contributed by atoms with Crippen LogP contribution in [0.5, 0.6) is 0 Å². The van der Waals surface area contributed by atoms with Gasteiger partial charge in [-0.05, 0) is 12.1 Å². The van der Waals surface area contributed by atoms with Gasteiger partial charge in [-0.1, -0.05) is 0 Å². The van der Waals surface area contributed by atoms with Crippen molar-refractivity contribution in [2.75, 3.05) is 5.73 Å². The van der Waals surface area contributed by atoms with E-state index in [-0.39, 0.29) is 17.1 Å². The molecule has 0 aliphatic heterocycles. The number of nitrogens with zero attached hydrogens (tertiary/aromatic N) is 1. The quantitative estimate of drug-likeness (QED) is 0.683. The van der Waals surface area contributed by atoms with Crippen molar-refractivity contribution in [2.45, 2.75) is 0 Å². The number of nitrogens with two attached hydrogens (primary N) is 1. The number of hydrogen-bond acceptors (Lipinski definition) is 2. The highest BCUT2D eigenvalue weighted by molar-refractivity contribution is 5.63. The maximum Gasteiger partial charge on any atom is 0.159 e. The molecular formula is C9H7F2N3. The second kappa shape index (κ2) is 3.10. The Morgan fingerprint density at radius 2 is 2.07 bits per heavy atom. The molecule has 14 heavy (non-hydrogen) atoms. The van der Waals surface area contributed by atoms with E-state index in [1.54, 1.807) is 0 Å². The molecule has 0 spiro atoms. The van der Waals surface area contributed by atoms with Crippen LogP contribution >= 0.6 is 0 Å². The van der Waals surface area contributed by atoms with Crippen LogP contribution in [0.2, 0.25) is 0 Å². The van der Waals surface area contributed by atoms with E-state index >= 15 is 0 Å². The molecule has 0 saturated carbocycles. The van der Waals surface area contributed by atoms with Gasteiger partial charge < -0.3 is 10.7 Å². The van der Waals surface area contributed by atoms with Crippen LogP contribution in [0.3, 0.4) is 0 Å². The standard InChI is InChI=1S/C9H7F2N3/c10-5-1-2-6(12)8(11)7(5)9-13-3-4-14-9/h1-4H,12H2,(H,13,14). The first-order chi connectivity index (χ1) is 6.70. The largest absolute Gasteiger partial charge is 0.396 e. The summed E-state index contributed by atoms with van der Waals surface area (Å²) in [6.45, 7) is 0. The second-order valence-corrected chi connectivity index (χ2v) is 2.76. The van der Waals surface area contributed by atoms with Gasteiger partial charge in [-0.2, -0.15) is 0 Å². The molecule has 1 heterocycles. The Morgan fingerprint density at radius 1 is 1.29 bits per heavy atom. The summed E-state index contributed by atoms with van der Waals surface area (Å²) in [7, 11) is 0. The Hall–Kier alpha value is -1.91. The highest BCUT2D eigenvalue weighted by atomic mass is 19.1. The van der Waals surface area contributed by atoms with Crippen molar-refractivity contribution in [1.29, 1.82) is 0 Å². The van der Waals surface area contributed by atoms with E-state index in [9.17, 15) is 8.78 Å². The molecule has 0 unspecified atom stereocenters. The van der Waals surface area contributed by atoms with E-state index in [2.05, 4.69) is 9.97 Å². The summed E-state index contributed by atoms with van der Waals surface area (Å²) >= 11 is 0. The molecule has 3 nitrogen and oxygen atoms in total. The molecule has 1 aromatic carbocycles. The summed E-state index contributed by atoms with van der Waals surface area (Å²) in [5, 5.41) is 0. The monoisotopic (exact) mass is 195 g/mol. The summed E-state index contributed by atoms with van der Waals surface area (Å²) in [6, 6.07) is 2.29. The molecule has 1 aromatic heterocycles. The molecule has 72 valence electrons. The molecule has 5 heteroatoms. The summed E-state index contributed by atoms with van der Waals surface area (Å²) in [6.07, 6.45) is 2.90. The fraction of sp³-hybridized carbons (Fsp3) is 0. The number of aromatic amines is 1. The number of aromatic nitrogens is 2. The smallest absolute Gasteiger partial charge is 0.159 e. The molecule has 3 N–H and O–H groups in total. The Morgan fingerprint density at radius 3 is 2.71 bits per heavy atom. The van der Waals surface area contributed by atoms with Gasteiger partial charge in [0.05, 0.1) is 11.3 Å². The Balaban J connectivity index is 2.69. The zero-order valence-corrected chi connectivity index (χ0v) is 7.09. The minimum Gasteiger partial charge on any atom is -0.396 e. The van der Waals surface area contributed by atoms with Gasteiger partial charge in [-0.3, -0.25) is 0 Å². The van der Waals surface area contributed by atoms with Gasteiger partial charge in [0.2, 0.25) is 0 Å². The molecule has 2 rings (SSSR count). The Kier molecular flexibility index (Phi) is 1.92. The normalized spacial score (nSPS) is 10.4. The molecule has 0 atom stereocenters. The minimum absolute atomic E-state index is 0.0993. The fourth-order valence-corrected chi connectivity index (χ4v) is 1.19. The lowest BCUT2D eigenvalue weighted by Gasteiger charge is -2.03. The number of hydrogen-bond donors (Lipinski definition) is 2. The maximum atomic E-state index is 13.4. The third-order valence-electron chi connectivity index (χ3n) is 1.86. The molecular weight excluding hydrogens is 188 g/mol. The van der Waals surface area contributed by atoms with Crippen molar-refractivity contribution in [3.63, 3.8) is 0 Å². The van der Waals surface area contributed by atoms with Gasteiger partial charge in [0, 0.05) is 12.4 Å². The third-order valence-corrected chi connectivity index (χ3v) is 1.86. The van der Waals surface area contributed by atoms with E-state index in [1.165, 1.54) is 18.5 Å². The van der Waals surface area contributed by atoms with Crippen molar-refractivity contribution in [2.24, 2.45) is 0 Å². The highest BCUT2D eigenvalue weighted by Gasteiger charge is 2.15. The summed E-state index contributed by atoms with van der Waals surface area (Å²) in [5.74, 6) is -1.35. The SMILES string of the molecule is Nc1ccc(F)c(-c2ncc[nH]2)c1F. The fourth-order valence-electron chi connectivity index (χ4n) is 1.19. The predicted molar refractivity (Wildman–Crippen MR) is 48.4 cm³/mol. The van der Waals surface area contributed by atoms with E-state index in [0.29, 0.717) is 0 Å². The van der Waals surface area contributed by atoms with Crippen LogP contribution in [0.1, 0.15) is 0 Å². The topological polar surface area (TPSA) is 54.7 Å². The second-order valence-electron chi connectivity index (χ2n) is 2.76. The number of benzene rings is 1. The van der Waals surface area contributed by atoms with E-state index in [1.807, 2.05) is 0 Å². The van der Waals surface area contributed by atoms with Crippen LogP contribution in [0.4, 0.5) is 14.5 Å². The van der Waals surface area contributed by atoms with Gasteiger partial charge in [0.1, 0.15) is 11.6 Å². The van der Waals surface area contributed by atoms with Crippen molar-refractivity contribution in [3.05, 3.63) is 36.2 Å².